The van der Waals surface area contributed by atoms with Crippen LogP contribution in [0.2, 0.25) is 0 Å². The molecule has 2 amide bonds. The Morgan fingerprint density at radius 1 is 1.16 bits per heavy atom. The molecule has 7 nitrogen and oxygen atoms in total. The maximum absolute atomic E-state index is 13.7. The summed E-state index contributed by atoms with van der Waals surface area (Å²) < 4.78 is 0. The van der Waals surface area contributed by atoms with Crippen molar-refractivity contribution in [2.45, 2.75) is 45.7 Å². The van der Waals surface area contributed by atoms with E-state index in [0.29, 0.717) is 18.5 Å². The van der Waals surface area contributed by atoms with Gasteiger partial charge in [-0.15, -0.1) is 11.3 Å². The molecule has 0 saturated heterocycles. The van der Waals surface area contributed by atoms with Gasteiger partial charge in [-0.25, -0.2) is 0 Å². The summed E-state index contributed by atoms with van der Waals surface area (Å²) in [6, 6.07) is 16.1. The van der Waals surface area contributed by atoms with Gasteiger partial charge in [-0.2, -0.15) is 0 Å². The highest BCUT2D eigenvalue weighted by Crippen LogP contribution is 2.38. The number of amides is 2. The molecule has 0 saturated carbocycles. The average Bonchev–Trinajstić information content (AvgIpc) is 3.39. The number of non-ortho nitro benzene ring substituents is 1. The van der Waals surface area contributed by atoms with Crippen LogP contribution < -0.4 is 0 Å². The van der Waals surface area contributed by atoms with Crippen molar-refractivity contribution in [3.05, 3.63) is 103 Å². The van der Waals surface area contributed by atoms with Gasteiger partial charge >= 0.3 is 0 Å². The number of nitro benzene ring substituents is 1. The lowest BCUT2D eigenvalue weighted by Gasteiger charge is -2.38. The lowest BCUT2D eigenvalue weighted by molar-refractivity contribution is -0.384. The second-order valence-corrected chi connectivity index (χ2v) is 10.4. The number of carbonyl (C=O) groups excluding carboxylic acids is 2. The number of hydrogen-bond acceptors (Lipinski definition) is 5. The maximum Gasteiger partial charge on any atom is 0.269 e. The molecule has 2 unspecified atom stereocenters. The molecule has 2 heterocycles. The van der Waals surface area contributed by atoms with Gasteiger partial charge in [-0.1, -0.05) is 36.8 Å². The molecule has 1 aliphatic heterocycles. The predicted octanol–water partition coefficient (Wildman–Crippen LogP) is 5.78. The number of nitro groups is 1. The van der Waals surface area contributed by atoms with Gasteiger partial charge in [0, 0.05) is 35.7 Å². The van der Waals surface area contributed by atoms with E-state index in [2.05, 4.69) is 35.7 Å². The van der Waals surface area contributed by atoms with Gasteiger partial charge in [0.15, 0.2) is 0 Å². The van der Waals surface area contributed by atoms with E-state index in [-0.39, 0.29) is 36.1 Å². The fraction of sp³-hybridized carbons (Fsp3) is 0.310. The number of rotatable bonds is 8. The molecule has 0 bridgehead atoms. The van der Waals surface area contributed by atoms with Gasteiger partial charge < -0.3 is 9.80 Å². The van der Waals surface area contributed by atoms with E-state index in [0.717, 1.165) is 23.1 Å². The molecular formula is C29H31N3O4S. The fourth-order valence-corrected chi connectivity index (χ4v) is 5.48. The summed E-state index contributed by atoms with van der Waals surface area (Å²) in [4.78, 5) is 42.2. The van der Waals surface area contributed by atoms with Crippen LogP contribution in [0.25, 0.3) is 6.08 Å². The van der Waals surface area contributed by atoms with Crippen LogP contribution in [0.5, 0.6) is 0 Å². The van der Waals surface area contributed by atoms with Crippen molar-refractivity contribution in [2.24, 2.45) is 0 Å². The van der Waals surface area contributed by atoms with Gasteiger partial charge in [0.1, 0.15) is 6.54 Å². The topological polar surface area (TPSA) is 83.8 Å². The SMILES string of the molecule is CCC(C)N(CC(=O)N1CCc2sccc2C1c1ccc(C)cc1)C(=O)/C=C/c1ccc([N+](=O)[O-])cc1. The van der Waals surface area contributed by atoms with Crippen LogP contribution >= 0.6 is 11.3 Å². The van der Waals surface area contributed by atoms with E-state index in [1.807, 2.05) is 25.7 Å². The van der Waals surface area contributed by atoms with Crippen molar-refractivity contribution >= 4 is 34.9 Å². The Hall–Kier alpha value is -3.78. The van der Waals surface area contributed by atoms with Crippen molar-refractivity contribution in [1.29, 1.82) is 0 Å². The molecule has 4 rings (SSSR count). The van der Waals surface area contributed by atoms with Crippen LogP contribution in [0, 0.1) is 17.0 Å². The number of carbonyl (C=O) groups is 2. The lowest BCUT2D eigenvalue weighted by atomic mass is 9.92. The summed E-state index contributed by atoms with van der Waals surface area (Å²) in [6.45, 7) is 6.56. The number of hydrogen-bond donors (Lipinski definition) is 0. The fourth-order valence-electron chi connectivity index (χ4n) is 4.57. The number of thiophene rings is 1. The maximum atomic E-state index is 13.7. The highest BCUT2D eigenvalue weighted by Gasteiger charge is 2.34. The molecule has 0 aliphatic carbocycles. The van der Waals surface area contributed by atoms with Crippen LogP contribution in [-0.4, -0.2) is 45.7 Å². The van der Waals surface area contributed by atoms with Crippen molar-refractivity contribution < 1.29 is 14.5 Å². The molecule has 192 valence electrons. The molecule has 0 fully saturated rings. The van der Waals surface area contributed by atoms with Crippen molar-refractivity contribution in [1.82, 2.24) is 9.80 Å². The summed E-state index contributed by atoms with van der Waals surface area (Å²) in [5.74, 6) is -0.346. The van der Waals surface area contributed by atoms with Crippen LogP contribution in [-0.2, 0) is 16.0 Å². The van der Waals surface area contributed by atoms with E-state index < -0.39 is 4.92 Å². The minimum absolute atomic E-state index is 0.00579. The molecule has 37 heavy (non-hydrogen) atoms. The Morgan fingerprint density at radius 3 is 2.51 bits per heavy atom. The number of fused-ring (bicyclic) bond motifs is 1. The second kappa shape index (κ2) is 11.5. The second-order valence-electron chi connectivity index (χ2n) is 9.35. The predicted molar refractivity (Wildman–Crippen MR) is 146 cm³/mol. The molecular weight excluding hydrogens is 486 g/mol. The van der Waals surface area contributed by atoms with Gasteiger partial charge in [0.25, 0.3) is 5.69 Å². The minimum atomic E-state index is -0.460. The van der Waals surface area contributed by atoms with Crippen LogP contribution in [0.4, 0.5) is 5.69 Å². The zero-order valence-corrected chi connectivity index (χ0v) is 22.1. The highest BCUT2D eigenvalue weighted by atomic mass is 32.1. The van der Waals surface area contributed by atoms with Crippen LogP contribution in [0.15, 0.2) is 66.1 Å². The van der Waals surface area contributed by atoms with Crippen LogP contribution in [0.3, 0.4) is 0 Å². The summed E-state index contributed by atoms with van der Waals surface area (Å²) in [7, 11) is 0. The molecule has 0 spiro atoms. The van der Waals surface area contributed by atoms with Gasteiger partial charge in [0.2, 0.25) is 11.8 Å². The third-order valence-corrected chi connectivity index (χ3v) is 7.91. The smallest absolute Gasteiger partial charge is 0.269 e. The third-order valence-electron chi connectivity index (χ3n) is 6.91. The van der Waals surface area contributed by atoms with Crippen LogP contribution in [0.1, 0.15) is 53.4 Å². The largest absolute Gasteiger partial charge is 0.330 e. The first-order valence-electron chi connectivity index (χ1n) is 12.4. The molecule has 0 radical (unpaired) electrons. The van der Waals surface area contributed by atoms with Gasteiger partial charge in [0.05, 0.1) is 11.0 Å². The summed E-state index contributed by atoms with van der Waals surface area (Å²) in [5.41, 5.74) is 4.06. The molecule has 2 aromatic carbocycles. The summed E-state index contributed by atoms with van der Waals surface area (Å²) in [6.07, 6.45) is 4.57. The monoisotopic (exact) mass is 517 g/mol. The number of nitrogens with zero attached hydrogens (tertiary/aromatic N) is 3. The van der Waals surface area contributed by atoms with E-state index in [4.69, 9.17) is 0 Å². The lowest BCUT2D eigenvalue weighted by Crippen LogP contribution is -2.48. The standard InChI is InChI=1S/C29H31N3O4S/c1-4-21(3)31(27(33)14-9-22-7-12-24(13-8-22)32(35)36)19-28(34)30-17-15-26-25(16-18-37-26)29(30)23-10-5-20(2)6-11-23/h5-14,16,18,21,29H,4,15,17,19H2,1-3H3/b14-9+. The summed E-state index contributed by atoms with van der Waals surface area (Å²) in [5, 5.41) is 13.0. The first-order valence-corrected chi connectivity index (χ1v) is 13.3. The number of benzene rings is 2. The quantitative estimate of drug-likeness (QED) is 0.215. The zero-order valence-electron chi connectivity index (χ0n) is 21.3. The minimum Gasteiger partial charge on any atom is -0.330 e. The molecule has 2 atom stereocenters. The average molecular weight is 518 g/mol. The van der Waals surface area contributed by atoms with Gasteiger partial charge in [-0.3, -0.25) is 19.7 Å². The first-order chi connectivity index (χ1) is 17.8. The van der Waals surface area contributed by atoms with Crippen molar-refractivity contribution in [3.8, 4) is 0 Å². The Morgan fingerprint density at radius 2 is 1.86 bits per heavy atom. The Labute approximate surface area is 221 Å². The highest BCUT2D eigenvalue weighted by molar-refractivity contribution is 7.10. The molecule has 0 N–H and O–H groups in total. The van der Waals surface area contributed by atoms with E-state index in [9.17, 15) is 19.7 Å². The Balaban J connectivity index is 1.55. The Bertz CT molecular complexity index is 1300. The van der Waals surface area contributed by atoms with E-state index in [1.54, 1.807) is 34.4 Å². The normalized spacial score (nSPS) is 15.9. The molecule has 1 aliphatic rings. The zero-order chi connectivity index (χ0) is 26.5. The van der Waals surface area contributed by atoms with Crippen molar-refractivity contribution in [3.63, 3.8) is 0 Å². The molecule has 1 aromatic heterocycles. The Kier molecular flexibility index (Phi) is 8.18. The van der Waals surface area contributed by atoms with E-state index in [1.165, 1.54) is 23.1 Å². The number of aryl methyl sites for hydroxylation is 1. The first kappa shape index (κ1) is 26.3. The third kappa shape index (κ3) is 5.97. The van der Waals surface area contributed by atoms with Gasteiger partial charge in [-0.05, 0) is 73.0 Å². The summed E-state index contributed by atoms with van der Waals surface area (Å²) >= 11 is 1.73. The van der Waals surface area contributed by atoms with E-state index >= 15 is 0 Å². The molecule has 3 aromatic rings. The van der Waals surface area contributed by atoms with Crippen molar-refractivity contribution in [2.75, 3.05) is 13.1 Å². The molecule has 8 heteroatoms.